The number of halogens is 1. The van der Waals surface area contributed by atoms with Gasteiger partial charge < -0.3 is 10.6 Å². The number of hydrogen-bond donors (Lipinski definition) is 2. The van der Waals surface area contributed by atoms with E-state index in [9.17, 15) is 9.18 Å². The first-order chi connectivity index (χ1) is 9.13. The van der Waals surface area contributed by atoms with E-state index >= 15 is 0 Å². The maximum Gasteiger partial charge on any atom is 0.259 e. The number of carbonyl (C=O) groups excluding carboxylic acids is 1. The van der Waals surface area contributed by atoms with Gasteiger partial charge in [-0.2, -0.15) is 5.10 Å². The molecule has 1 aromatic carbocycles. The van der Waals surface area contributed by atoms with Crippen LogP contribution in [0, 0.1) is 5.82 Å². The summed E-state index contributed by atoms with van der Waals surface area (Å²) in [5, 5.41) is 9.50. The van der Waals surface area contributed by atoms with Gasteiger partial charge in [-0.05, 0) is 19.1 Å². The molecule has 0 radical (unpaired) electrons. The predicted octanol–water partition coefficient (Wildman–Crippen LogP) is 2.24. The Labute approximate surface area is 110 Å². The van der Waals surface area contributed by atoms with Crippen molar-refractivity contribution in [2.45, 2.75) is 6.92 Å². The zero-order chi connectivity index (χ0) is 13.8. The van der Waals surface area contributed by atoms with Gasteiger partial charge in [0.25, 0.3) is 5.91 Å². The van der Waals surface area contributed by atoms with Gasteiger partial charge in [-0.15, -0.1) is 0 Å². The number of rotatable bonds is 4. The lowest BCUT2D eigenvalue weighted by atomic mass is 10.1. The number of nitrogens with one attached hydrogen (secondary N) is 2. The second kappa shape index (κ2) is 5.51. The molecule has 0 atom stereocenters. The second-order valence-corrected chi connectivity index (χ2v) is 3.99. The number of para-hydroxylation sites is 1. The minimum atomic E-state index is -0.445. The molecule has 100 valence electrons. The molecule has 0 fully saturated rings. The monoisotopic (exact) mass is 262 g/mol. The van der Waals surface area contributed by atoms with E-state index in [2.05, 4.69) is 15.7 Å². The fourth-order valence-electron chi connectivity index (χ4n) is 1.75. The number of aryl methyl sites for hydroxylation is 1. The van der Waals surface area contributed by atoms with Gasteiger partial charge in [0.15, 0.2) is 0 Å². The van der Waals surface area contributed by atoms with Gasteiger partial charge in [0, 0.05) is 19.7 Å². The van der Waals surface area contributed by atoms with Gasteiger partial charge in [0.2, 0.25) is 0 Å². The third-order valence-corrected chi connectivity index (χ3v) is 2.67. The summed E-state index contributed by atoms with van der Waals surface area (Å²) < 4.78 is 15.2. The second-order valence-electron chi connectivity index (χ2n) is 3.99. The molecule has 1 heterocycles. The summed E-state index contributed by atoms with van der Waals surface area (Å²) in [4.78, 5) is 12.2. The van der Waals surface area contributed by atoms with Gasteiger partial charge >= 0.3 is 0 Å². The van der Waals surface area contributed by atoms with E-state index in [0.717, 1.165) is 0 Å². The highest BCUT2D eigenvalue weighted by Gasteiger charge is 2.15. The molecule has 2 N–H and O–H groups in total. The van der Waals surface area contributed by atoms with Crippen LogP contribution in [-0.2, 0) is 7.05 Å². The van der Waals surface area contributed by atoms with Gasteiger partial charge in [0.05, 0.1) is 17.4 Å². The van der Waals surface area contributed by atoms with Gasteiger partial charge in [-0.25, -0.2) is 4.39 Å². The first kappa shape index (κ1) is 13.1. The minimum absolute atomic E-state index is 0.213. The van der Waals surface area contributed by atoms with Crippen molar-refractivity contribution in [2.75, 3.05) is 17.2 Å². The van der Waals surface area contributed by atoms with Crippen LogP contribution in [0.15, 0.2) is 30.5 Å². The third kappa shape index (κ3) is 2.73. The number of aromatic nitrogens is 2. The summed E-state index contributed by atoms with van der Waals surface area (Å²) in [6.07, 6.45) is 1.58. The van der Waals surface area contributed by atoms with Crippen LogP contribution in [0.1, 0.15) is 17.3 Å². The normalized spacial score (nSPS) is 10.3. The first-order valence-electron chi connectivity index (χ1n) is 5.95. The van der Waals surface area contributed by atoms with E-state index in [1.54, 1.807) is 25.4 Å². The molecule has 1 aromatic heterocycles. The van der Waals surface area contributed by atoms with Crippen LogP contribution in [0.5, 0.6) is 0 Å². The van der Waals surface area contributed by atoms with E-state index in [-0.39, 0.29) is 17.2 Å². The molecule has 0 aliphatic rings. The Bertz CT molecular complexity index is 594. The lowest BCUT2D eigenvalue weighted by molar-refractivity contribution is 0.102. The Morgan fingerprint density at radius 1 is 1.42 bits per heavy atom. The zero-order valence-corrected chi connectivity index (χ0v) is 10.8. The fraction of sp³-hybridized carbons (Fsp3) is 0.231. The van der Waals surface area contributed by atoms with Crippen LogP contribution < -0.4 is 10.6 Å². The molecule has 2 rings (SSSR count). The minimum Gasteiger partial charge on any atom is -0.382 e. The molecular weight excluding hydrogens is 247 g/mol. The van der Waals surface area contributed by atoms with Crippen molar-refractivity contribution in [3.63, 3.8) is 0 Å². The van der Waals surface area contributed by atoms with E-state index in [1.165, 1.54) is 16.8 Å². The Morgan fingerprint density at radius 2 is 2.21 bits per heavy atom. The van der Waals surface area contributed by atoms with E-state index in [0.29, 0.717) is 12.4 Å². The van der Waals surface area contributed by atoms with E-state index in [1.807, 2.05) is 6.92 Å². The first-order valence-corrected chi connectivity index (χ1v) is 5.95. The van der Waals surface area contributed by atoms with Crippen molar-refractivity contribution < 1.29 is 9.18 Å². The molecule has 1 amide bonds. The van der Waals surface area contributed by atoms with Crippen LogP contribution in [-0.4, -0.2) is 22.2 Å². The van der Waals surface area contributed by atoms with Crippen LogP contribution in [0.3, 0.4) is 0 Å². The highest BCUT2D eigenvalue weighted by molar-refractivity contribution is 6.07. The molecule has 0 spiro atoms. The van der Waals surface area contributed by atoms with Crippen LogP contribution >= 0.6 is 0 Å². The molecule has 0 bridgehead atoms. The molecular formula is C13H15FN4O. The molecule has 0 aliphatic carbocycles. The molecule has 6 heteroatoms. The Morgan fingerprint density at radius 3 is 2.84 bits per heavy atom. The summed E-state index contributed by atoms with van der Waals surface area (Å²) in [5.74, 6) is -0.268. The molecule has 0 saturated carbocycles. The lowest BCUT2D eigenvalue weighted by Gasteiger charge is -2.11. The molecule has 2 aromatic rings. The number of nitrogens with zero attached hydrogens (tertiary/aromatic N) is 2. The SMILES string of the molecule is CCNc1c(F)cccc1C(=O)Nc1ccnn1C. The van der Waals surface area contributed by atoms with Crippen molar-refractivity contribution in [3.8, 4) is 0 Å². The number of carbonyl (C=O) groups is 1. The summed E-state index contributed by atoms with van der Waals surface area (Å²) in [6, 6.07) is 6.07. The largest absolute Gasteiger partial charge is 0.382 e. The Kier molecular flexibility index (Phi) is 3.79. The number of amides is 1. The number of hydrogen-bond acceptors (Lipinski definition) is 3. The van der Waals surface area contributed by atoms with E-state index < -0.39 is 5.82 Å². The average molecular weight is 262 g/mol. The fourth-order valence-corrected chi connectivity index (χ4v) is 1.75. The zero-order valence-electron chi connectivity index (χ0n) is 10.8. The summed E-state index contributed by atoms with van der Waals surface area (Å²) >= 11 is 0. The number of anilines is 2. The van der Waals surface area contributed by atoms with Gasteiger partial charge in [-0.1, -0.05) is 6.07 Å². The smallest absolute Gasteiger partial charge is 0.259 e. The van der Waals surface area contributed by atoms with Crippen LogP contribution in [0.4, 0.5) is 15.9 Å². The standard InChI is InChI=1S/C13H15FN4O/c1-3-15-12-9(5-4-6-10(12)14)13(19)17-11-7-8-16-18(11)2/h4-8,15H,3H2,1-2H3,(H,17,19). The quantitative estimate of drug-likeness (QED) is 0.888. The maximum atomic E-state index is 13.7. The molecule has 19 heavy (non-hydrogen) atoms. The highest BCUT2D eigenvalue weighted by Crippen LogP contribution is 2.20. The van der Waals surface area contributed by atoms with Gasteiger partial charge in [-0.3, -0.25) is 9.48 Å². The average Bonchev–Trinajstić information content (AvgIpc) is 2.78. The number of benzene rings is 1. The van der Waals surface area contributed by atoms with Crippen molar-refractivity contribution in [3.05, 3.63) is 41.8 Å². The molecule has 0 saturated heterocycles. The maximum absolute atomic E-state index is 13.7. The van der Waals surface area contributed by atoms with Crippen molar-refractivity contribution in [2.24, 2.45) is 7.05 Å². The Balaban J connectivity index is 2.29. The van der Waals surface area contributed by atoms with Crippen molar-refractivity contribution in [1.29, 1.82) is 0 Å². The van der Waals surface area contributed by atoms with Gasteiger partial charge in [0.1, 0.15) is 11.6 Å². The summed E-state index contributed by atoms with van der Waals surface area (Å²) in [7, 11) is 1.71. The topological polar surface area (TPSA) is 59.0 Å². The van der Waals surface area contributed by atoms with E-state index in [4.69, 9.17) is 0 Å². The molecule has 0 aliphatic heterocycles. The molecule has 5 nitrogen and oxygen atoms in total. The molecule has 0 unspecified atom stereocenters. The van der Waals surface area contributed by atoms with Crippen molar-refractivity contribution in [1.82, 2.24) is 9.78 Å². The lowest BCUT2D eigenvalue weighted by Crippen LogP contribution is -2.17. The summed E-state index contributed by atoms with van der Waals surface area (Å²) in [6.45, 7) is 2.38. The van der Waals surface area contributed by atoms with Crippen LogP contribution in [0.2, 0.25) is 0 Å². The third-order valence-electron chi connectivity index (χ3n) is 2.67. The Hall–Kier alpha value is -2.37. The summed E-state index contributed by atoms with van der Waals surface area (Å²) in [5.41, 5.74) is 0.479. The highest BCUT2D eigenvalue weighted by atomic mass is 19.1. The van der Waals surface area contributed by atoms with Crippen LogP contribution in [0.25, 0.3) is 0 Å². The van der Waals surface area contributed by atoms with Crippen molar-refractivity contribution >= 4 is 17.4 Å². The predicted molar refractivity (Wildman–Crippen MR) is 71.7 cm³/mol.